The van der Waals surface area contributed by atoms with Gasteiger partial charge in [-0.05, 0) is 80.6 Å². The van der Waals surface area contributed by atoms with Crippen molar-refractivity contribution < 1.29 is 14.7 Å². The first-order chi connectivity index (χ1) is 15.0. The van der Waals surface area contributed by atoms with Gasteiger partial charge >= 0.3 is 5.97 Å². The monoisotopic (exact) mass is 420 g/mol. The van der Waals surface area contributed by atoms with Crippen LogP contribution < -0.4 is 5.32 Å². The summed E-state index contributed by atoms with van der Waals surface area (Å²) in [7, 11) is 0. The number of carbonyl (C=O) groups excluding carboxylic acids is 1. The van der Waals surface area contributed by atoms with Crippen molar-refractivity contribution in [2.75, 3.05) is 19.6 Å². The van der Waals surface area contributed by atoms with Gasteiger partial charge in [-0.15, -0.1) is 0 Å². The van der Waals surface area contributed by atoms with E-state index in [0.29, 0.717) is 23.9 Å². The molecule has 1 aliphatic heterocycles. The highest BCUT2D eigenvalue weighted by Gasteiger charge is 2.38. The summed E-state index contributed by atoms with van der Waals surface area (Å²) in [6, 6.07) is 16.4. The van der Waals surface area contributed by atoms with E-state index in [-0.39, 0.29) is 5.78 Å². The van der Waals surface area contributed by atoms with Crippen molar-refractivity contribution >= 4 is 11.8 Å². The maximum Gasteiger partial charge on any atom is 0.335 e. The molecule has 2 atom stereocenters. The summed E-state index contributed by atoms with van der Waals surface area (Å²) >= 11 is 0. The van der Waals surface area contributed by atoms with Crippen LogP contribution in [0.5, 0.6) is 0 Å². The molecule has 5 heteroatoms. The minimum atomic E-state index is -0.872. The van der Waals surface area contributed by atoms with Crippen LogP contribution >= 0.6 is 0 Å². The Bertz CT molecular complexity index is 899. The standard InChI is InChI=1S/C26H32N2O3/c1-18(29)14-19-2-6-22(7-3-19)24-15-25(24)27-16-20-10-12-28(13-11-20)17-21-4-8-23(9-5-21)26(30)31/h2-9,20,24-25,27H,10-17H2,1H3,(H,30,31)/t24-,25+/m0/s1. The number of benzene rings is 2. The van der Waals surface area contributed by atoms with E-state index >= 15 is 0 Å². The number of carboxylic acids is 1. The van der Waals surface area contributed by atoms with Gasteiger partial charge < -0.3 is 10.4 Å². The van der Waals surface area contributed by atoms with Crippen LogP contribution in [-0.2, 0) is 17.8 Å². The Morgan fingerprint density at radius 3 is 2.26 bits per heavy atom. The number of hydrogen-bond acceptors (Lipinski definition) is 4. The van der Waals surface area contributed by atoms with Crippen LogP contribution in [0.2, 0.25) is 0 Å². The van der Waals surface area contributed by atoms with Crippen LogP contribution in [0.4, 0.5) is 0 Å². The molecule has 0 amide bonds. The van der Waals surface area contributed by atoms with Gasteiger partial charge in [0.1, 0.15) is 5.78 Å². The van der Waals surface area contributed by atoms with Crippen LogP contribution in [0.15, 0.2) is 48.5 Å². The molecule has 2 N–H and O–H groups in total. The van der Waals surface area contributed by atoms with E-state index in [4.69, 9.17) is 5.11 Å². The van der Waals surface area contributed by atoms with Crippen LogP contribution in [0, 0.1) is 5.92 Å². The second kappa shape index (κ2) is 9.75. The van der Waals surface area contributed by atoms with Crippen molar-refractivity contribution in [2.24, 2.45) is 5.92 Å². The van der Waals surface area contributed by atoms with Gasteiger partial charge in [-0.1, -0.05) is 36.4 Å². The molecule has 0 bridgehead atoms. The number of aromatic carboxylic acids is 1. The molecule has 5 nitrogen and oxygen atoms in total. The first kappa shape index (κ1) is 21.7. The zero-order chi connectivity index (χ0) is 21.8. The Hall–Kier alpha value is -2.50. The molecule has 0 spiro atoms. The molecule has 164 valence electrons. The van der Waals surface area contributed by atoms with E-state index in [0.717, 1.165) is 37.7 Å². The van der Waals surface area contributed by atoms with Crippen molar-refractivity contribution in [1.29, 1.82) is 0 Å². The normalized spacial score (nSPS) is 21.7. The fourth-order valence-corrected chi connectivity index (χ4v) is 4.64. The highest BCUT2D eigenvalue weighted by molar-refractivity contribution is 5.87. The number of rotatable bonds is 9. The maximum absolute atomic E-state index is 11.2. The van der Waals surface area contributed by atoms with Gasteiger partial charge in [0.05, 0.1) is 5.56 Å². The quantitative estimate of drug-likeness (QED) is 0.644. The number of carbonyl (C=O) groups is 2. The zero-order valence-corrected chi connectivity index (χ0v) is 18.2. The number of carboxylic acid groups (broad SMARTS) is 1. The van der Waals surface area contributed by atoms with E-state index in [1.807, 2.05) is 12.1 Å². The van der Waals surface area contributed by atoms with Gasteiger partial charge in [0, 0.05) is 24.9 Å². The molecule has 2 aliphatic rings. The molecule has 0 unspecified atom stereocenters. The van der Waals surface area contributed by atoms with Gasteiger partial charge in [0.2, 0.25) is 0 Å². The summed E-state index contributed by atoms with van der Waals surface area (Å²) in [5.74, 6) is 0.675. The molecule has 1 heterocycles. The third-order valence-electron chi connectivity index (χ3n) is 6.63. The highest BCUT2D eigenvalue weighted by atomic mass is 16.4. The Labute approximate surface area is 184 Å². The second-order valence-corrected chi connectivity index (χ2v) is 9.20. The van der Waals surface area contributed by atoms with Crippen LogP contribution in [0.25, 0.3) is 0 Å². The summed E-state index contributed by atoms with van der Waals surface area (Å²) in [5.41, 5.74) is 4.01. The molecule has 1 aliphatic carbocycles. The molecule has 31 heavy (non-hydrogen) atoms. The smallest absolute Gasteiger partial charge is 0.335 e. The van der Waals surface area contributed by atoms with Gasteiger partial charge in [0.25, 0.3) is 0 Å². The first-order valence-corrected chi connectivity index (χ1v) is 11.3. The number of likely N-dealkylation sites (tertiary alicyclic amines) is 1. The summed E-state index contributed by atoms with van der Waals surface area (Å²) in [6.45, 7) is 5.81. The summed E-state index contributed by atoms with van der Waals surface area (Å²) in [4.78, 5) is 24.7. The third kappa shape index (κ3) is 6.02. The van der Waals surface area contributed by atoms with Gasteiger partial charge in [0.15, 0.2) is 0 Å². The Kier molecular flexibility index (Phi) is 6.83. The lowest BCUT2D eigenvalue weighted by Crippen LogP contribution is -2.37. The third-order valence-corrected chi connectivity index (χ3v) is 6.63. The lowest BCUT2D eigenvalue weighted by Gasteiger charge is -2.32. The number of Topliss-reactive ketones (excluding diaryl/α,β-unsaturated/α-hetero) is 1. The molecule has 2 aromatic carbocycles. The molecule has 0 radical (unpaired) electrons. The van der Waals surface area contributed by atoms with Crippen molar-refractivity contribution in [3.8, 4) is 0 Å². The molecule has 2 aromatic rings. The first-order valence-electron chi connectivity index (χ1n) is 11.3. The number of piperidine rings is 1. The minimum Gasteiger partial charge on any atom is -0.478 e. The number of ketones is 1. The summed E-state index contributed by atoms with van der Waals surface area (Å²) in [5, 5.41) is 12.8. The maximum atomic E-state index is 11.2. The Morgan fingerprint density at radius 2 is 1.65 bits per heavy atom. The topological polar surface area (TPSA) is 69.6 Å². The minimum absolute atomic E-state index is 0.209. The average molecular weight is 421 g/mol. The van der Waals surface area contributed by atoms with E-state index < -0.39 is 5.97 Å². The fraction of sp³-hybridized carbons (Fsp3) is 0.462. The molecule has 2 fully saturated rings. The molecular formula is C26H32N2O3. The van der Waals surface area contributed by atoms with E-state index in [9.17, 15) is 9.59 Å². The molecule has 4 rings (SSSR count). The SMILES string of the molecule is CC(=O)Cc1ccc([C@@H]2C[C@H]2NCC2CCN(Cc3ccc(C(=O)O)cc3)CC2)cc1. The molecule has 0 aromatic heterocycles. The largest absolute Gasteiger partial charge is 0.478 e. The number of nitrogens with zero attached hydrogens (tertiary/aromatic N) is 1. The zero-order valence-electron chi connectivity index (χ0n) is 18.2. The van der Waals surface area contributed by atoms with E-state index in [2.05, 4.69) is 34.5 Å². The van der Waals surface area contributed by atoms with Gasteiger partial charge in [-0.3, -0.25) is 9.69 Å². The molecule has 1 saturated carbocycles. The van der Waals surface area contributed by atoms with Crippen molar-refractivity contribution in [1.82, 2.24) is 10.2 Å². The van der Waals surface area contributed by atoms with Crippen LogP contribution in [0.3, 0.4) is 0 Å². The van der Waals surface area contributed by atoms with Crippen molar-refractivity contribution in [3.05, 3.63) is 70.8 Å². The van der Waals surface area contributed by atoms with E-state index in [1.165, 1.54) is 30.4 Å². The Balaban J connectivity index is 1.16. The predicted molar refractivity (Wildman–Crippen MR) is 121 cm³/mol. The van der Waals surface area contributed by atoms with Gasteiger partial charge in [-0.2, -0.15) is 0 Å². The summed E-state index contributed by atoms with van der Waals surface area (Å²) < 4.78 is 0. The highest BCUT2D eigenvalue weighted by Crippen LogP contribution is 2.41. The molecule has 1 saturated heterocycles. The second-order valence-electron chi connectivity index (χ2n) is 9.20. The van der Waals surface area contributed by atoms with Crippen molar-refractivity contribution in [2.45, 2.75) is 51.1 Å². The Morgan fingerprint density at radius 1 is 1.00 bits per heavy atom. The average Bonchev–Trinajstić information content (AvgIpc) is 3.53. The molecular weight excluding hydrogens is 388 g/mol. The fourth-order valence-electron chi connectivity index (χ4n) is 4.64. The predicted octanol–water partition coefficient (Wildman–Crippen LogP) is 3.87. The lowest BCUT2D eigenvalue weighted by atomic mass is 9.96. The summed E-state index contributed by atoms with van der Waals surface area (Å²) in [6.07, 6.45) is 4.14. The van der Waals surface area contributed by atoms with Crippen LogP contribution in [-0.4, -0.2) is 47.4 Å². The number of nitrogens with one attached hydrogen (secondary N) is 1. The van der Waals surface area contributed by atoms with Crippen molar-refractivity contribution in [3.63, 3.8) is 0 Å². The van der Waals surface area contributed by atoms with Gasteiger partial charge in [-0.25, -0.2) is 4.79 Å². The lowest BCUT2D eigenvalue weighted by molar-refractivity contribution is -0.116. The number of hydrogen-bond donors (Lipinski definition) is 2. The van der Waals surface area contributed by atoms with Crippen LogP contribution in [0.1, 0.15) is 59.2 Å². The van der Waals surface area contributed by atoms with E-state index in [1.54, 1.807) is 19.1 Å².